The van der Waals surface area contributed by atoms with Gasteiger partial charge in [-0.05, 0) is 36.2 Å². The molecule has 0 aliphatic heterocycles. The monoisotopic (exact) mass is 366 g/mol. The summed E-state index contributed by atoms with van der Waals surface area (Å²) in [5.74, 6) is -1.16. The molecule has 140 valence electrons. The number of rotatable bonds is 8. The molecule has 2 aromatic carbocycles. The fourth-order valence-electron chi connectivity index (χ4n) is 2.88. The highest BCUT2D eigenvalue weighted by molar-refractivity contribution is 5.78. The van der Waals surface area contributed by atoms with E-state index in [1.807, 2.05) is 37.3 Å². The van der Waals surface area contributed by atoms with Crippen LogP contribution >= 0.6 is 0 Å². The van der Waals surface area contributed by atoms with E-state index in [1.54, 1.807) is 0 Å². The van der Waals surface area contributed by atoms with Gasteiger partial charge in [0.25, 0.3) is 0 Å². The lowest BCUT2D eigenvalue weighted by molar-refractivity contribution is -0.274. The van der Waals surface area contributed by atoms with Crippen molar-refractivity contribution in [2.24, 2.45) is 11.7 Å². The second kappa shape index (κ2) is 8.60. The van der Waals surface area contributed by atoms with Crippen LogP contribution in [-0.2, 0) is 4.79 Å². The molecular weight excluding hydrogens is 345 g/mol. The Morgan fingerprint density at radius 3 is 2.23 bits per heavy atom. The first-order valence-corrected chi connectivity index (χ1v) is 8.24. The quantitative estimate of drug-likeness (QED) is 0.732. The number of nitrogens with one attached hydrogen (secondary N) is 1. The van der Waals surface area contributed by atoms with Gasteiger partial charge in [0.05, 0.1) is 0 Å². The standard InChI is InChI=1S/C19H21F3N2O2/c1-2-16(18(23)25)17(13-6-4-3-5-7-13)12-24-14-8-10-15(11-9-14)26-19(20,21)22/h3-11,16-17,24H,2,12H2,1H3,(H2,23,25)/t16?,17-/m1/s1. The van der Waals surface area contributed by atoms with Gasteiger partial charge >= 0.3 is 6.36 Å². The summed E-state index contributed by atoms with van der Waals surface area (Å²) in [6.07, 6.45) is -4.13. The number of carbonyl (C=O) groups is 1. The summed E-state index contributed by atoms with van der Waals surface area (Å²) in [4.78, 5) is 11.8. The van der Waals surface area contributed by atoms with Gasteiger partial charge in [-0.2, -0.15) is 0 Å². The Hall–Kier alpha value is -2.70. The molecule has 0 radical (unpaired) electrons. The second-order valence-corrected chi connectivity index (χ2v) is 5.89. The van der Waals surface area contributed by atoms with Crippen LogP contribution in [0.3, 0.4) is 0 Å². The summed E-state index contributed by atoms with van der Waals surface area (Å²) >= 11 is 0. The van der Waals surface area contributed by atoms with Crippen molar-refractivity contribution in [3.05, 3.63) is 60.2 Å². The van der Waals surface area contributed by atoms with Crippen LogP contribution < -0.4 is 15.8 Å². The molecule has 4 nitrogen and oxygen atoms in total. The Kier molecular flexibility index (Phi) is 6.49. The van der Waals surface area contributed by atoms with E-state index in [-0.39, 0.29) is 23.5 Å². The highest BCUT2D eigenvalue weighted by Gasteiger charge is 2.31. The lowest BCUT2D eigenvalue weighted by Crippen LogP contribution is -2.32. The normalized spacial score (nSPS) is 13.7. The summed E-state index contributed by atoms with van der Waals surface area (Å²) in [7, 11) is 0. The van der Waals surface area contributed by atoms with Crippen LogP contribution in [0.4, 0.5) is 18.9 Å². The third-order valence-corrected chi connectivity index (χ3v) is 4.13. The summed E-state index contributed by atoms with van der Waals surface area (Å²) in [6.45, 7) is 2.32. The Balaban J connectivity index is 2.10. The van der Waals surface area contributed by atoms with E-state index in [0.29, 0.717) is 18.7 Å². The molecule has 3 N–H and O–H groups in total. The molecule has 1 amide bonds. The molecule has 1 unspecified atom stereocenters. The molecule has 26 heavy (non-hydrogen) atoms. The van der Waals surface area contributed by atoms with Gasteiger partial charge in [-0.15, -0.1) is 13.2 Å². The number of halogens is 3. The first kappa shape index (κ1) is 19.6. The summed E-state index contributed by atoms with van der Waals surface area (Å²) in [5.41, 5.74) is 7.14. The van der Waals surface area contributed by atoms with Crippen LogP contribution in [0.5, 0.6) is 5.75 Å². The molecule has 2 atom stereocenters. The van der Waals surface area contributed by atoms with E-state index >= 15 is 0 Å². The fourth-order valence-corrected chi connectivity index (χ4v) is 2.88. The lowest BCUT2D eigenvalue weighted by Gasteiger charge is -2.25. The van der Waals surface area contributed by atoms with Crippen molar-refractivity contribution in [3.8, 4) is 5.75 Å². The number of hydrogen-bond donors (Lipinski definition) is 2. The zero-order valence-electron chi connectivity index (χ0n) is 14.3. The molecule has 0 fully saturated rings. The van der Waals surface area contributed by atoms with E-state index < -0.39 is 6.36 Å². The number of primary amides is 1. The number of carbonyl (C=O) groups excluding carboxylic acids is 1. The third-order valence-electron chi connectivity index (χ3n) is 4.13. The Morgan fingerprint density at radius 1 is 1.12 bits per heavy atom. The minimum absolute atomic E-state index is 0.148. The maximum atomic E-state index is 12.2. The van der Waals surface area contributed by atoms with Crippen molar-refractivity contribution in [3.63, 3.8) is 0 Å². The smallest absolute Gasteiger partial charge is 0.406 e. The number of ether oxygens (including phenoxy) is 1. The first-order valence-electron chi connectivity index (χ1n) is 8.24. The predicted octanol–water partition coefficient (Wildman–Crippen LogP) is 4.29. The number of anilines is 1. The van der Waals surface area contributed by atoms with E-state index in [0.717, 1.165) is 5.56 Å². The van der Waals surface area contributed by atoms with Crippen LogP contribution in [0.25, 0.3) is 0 Å². The zero-order valence-corrected chi connectivity index (χ0v) is 14.3. The van der Waals surface area contributed by atoms with E-state index in [9.17, 15) is 18.0 Å². The van der Waals surface area contributed by atoms with Gasteiger partial charge in [0.1, 0.15) is 5.75 Å². The number of amides is 1. The maximum Gasteiger partial charge on any atom is 0.573 e. The summed E-state index contributed by atoms with van der Waals surface area (Å²) < 4.78 is 40.5. The number of benzene rings is 2. The Labute approximate surface area is 150 Å². The molecule has 7 heteroatoms. The highest BCUT2D eigenvalue weighted by atomic mass is 19.4. The van der Waals surface area contributed by atoms with Gasteiger partial charge in [0.2, 0.25) is 5.91 Å². The van der Waals surface area contributed by atoms with Crippen LogP contribution in [-0.4, -0.2) is 18.8 Å². The van der Waals surface area contributed by atoms with Crippen molar-refractivity contribution in [2.45, 2.75) is 25.6 Å². The van der Waals surface area contributed by atoms with Gasteiger partial charge in [0.15, 0.2) is 0 Å². The molecular formula is C19H21F3N2O2. The molecule has 0 spiro atoms. The van der Waals surface area contributed by atoms with Crippen molar-refractivity contribution in [2.75, 3.05) is 11.9 Å². The number of hydrogen-bond acceptors (Lipinski definition) is 3. The van der Waals surface area contributed by atoms with E-state index in [1.165, 1.54) is 24.3 Å². The molecule has 2 aromatic rings. The van der Waals surface area contributed by atoms with Gasteiger partial charge in [0, 0.05) is 24.1 Å². The first-order chi connectivity index (χ1) is 12.3. The van der Waals surface area contributed by atoms with Gasteiger partial charge in [-0.3, -0.25) is 4.79 Å². The molecule has 0 heterocycles. The van der Waals surface area contributed by atoms with E-state index in [4.69, 9.17) is 5.73 Å². The number of nitrogens with two attached hydrogens (primary N) is 1. The topological polar surface area (TPSA) is 64.4 Å². The average Bonchev–Trinajstić information content (AvgIpc) is 2.59. The van der Waals surface area contributed by atoms with Crippen LogP contribution in [0.15, 0.2) is 54.6 Å². The summed E-state index contributed by atoms with van der Waals surface area (Å²) in [5, 5.41) is 3.16. The van der Waals surface area contributed by atoms with E-state index in [2.05, 4.69) is 10.1 Å². The van der Waals surface area contributed by atoms with Crippen LogP contribution in [0.2, 0.25) is 0 Å². The van der Waals surface area contributed by atoms with Crippen molar-refractivity contribution in [1.82, 2.24) is 0 Å². The van der Waals surface area contributed by atoms with Gasteiger partial charge in [-0.1, -0.05) is 37.3 Å². The van der Waals surface area contributed by atoms with Crippen molar-refractivity contribution in [1.29, 1.82) is 0 Å². The number of alkyl halides is 3. The van der Waals surface area contributed by atoms with Crippen molar-refractivity contribution < 1.29 is 22.7 Å². The minimum Gasteiger partial charge on any atom is -0.406 e. The summed E-state index contributed by atoms with van der Waals surface area (Å²) in [6, 6.07) is 15.0. The Bertz CT molecular complexity index is 703. The Morgan fingerprint density at radius 2 is 1.73 bits per heavy atom. The molecule has 0 aromatic heterocycles. The second-order valence-electron chi connectivity index (χ2n) is 5.89. The lowest BCUT2D eigenvalue weighted by atomic mass is 9.83. The van der Waals surface area contributed by atoms with Crippen molar-refractivity contribution >= 4 is 11.6 Å². The third kappa shape index (κ3) is 5.68. The zero-order chi connectivity index (χ0) is 19.2. The molecule has 0 bridgehead atoms. The van der Waals surface area contributed by atoms with Gasteiger partial charge in [-0.25, -0.2) is 0 Å². The van der Waals surface area contributed by atoms with Crippen LogP contribution in [0, 0.1) is 5.92 Å². The predicted molar refractivity (Wildman–Crippen MR) is 93.8 cm³/mol. The fraction of sp³-hybridized carbons (Fsp3) is 0.316. The SMILES string of the molecule is CCC(C(N)=O)[C@H](CNc1ccc(OC(F)(F)F)cc1)c1ccccc1. The molecule has 0 aliphatic rings. The van der Waals surface area contributed by atoms with Gasteiger partial charge < -0.3 is 15.8 Å². The molecule has 0 saturated heterocycles. The highest BCUT2D eigenvalue weighted by Crippen LogP contribution is 2.29. The largest absolute Gasteiger partial charge is 0.573 e. The van der Waals surface area contributed by atoms with Crippen LogP contribution in [0.1, 0.15) is 24.8 Å². The molecule has 2 rings (SSSR count). The minimum atomic E-state index is -4.72. The average molecular weight is 366 g/mol. The molecule has 0 saturated carbocycles. The maximum absolute atomic E-state index is 12.2. The molecule has 0 aliphatic carbocycles.